The van der Waals surface area contributed by atoms with Crippen LogP contribution in [0.1, 0.15) is 60.3 Å². The maximum absolute atomic E-state index is 15.6. The molecular weight excluding hydrogens is 874 g/mol. The van der Waals surface area contributed by atoms with Crippen LogP contribution < -0.4 is 5.32 Å². The molecular formula is C47H66ClF2N10O6+. The fourth-order valence-electron chi connectivity index (χ4n) is 7.99. The van der Waals surface area contributed by atoms with Crippen LogP contribution in [-0.2, 0) is 32.7 Å². The summed E-state index contributed by atoms with van der Waals surface area (Å²) in [6.45, 7) is 13.5. The number of carbonyl (C=O) groups is 4. The van der Waals surface area contributed by atoms with Gasteiger partial charge in [0.1, 0.15) is 5.60 Å². The summed E-state index contributed by atoms with van der Waals surface area (Å²) < 4.78 is 45.6. The monoisotopic (exact) mass is 939 g/mol. The minimum absolute atomic E-state index is 0.000571. The van der Waals surface area contributed by atoms with Gasteiger partial charge in [0.2, 0.25) is 5.91 Å². The van der Waals surface area contributed by atoms with Crippen molar-refractivity contribution in [3.05, 3.63) is 76.5 Å². The van der Waals surface area contributed by atoms with Crippen LogP contribution in [-0.4, -0.2) is 180 Å². The van der Waals surface area contributed by atoms with Crippen molar-refractivity contribution in [2.45, 2.75) is 52.7 Å². The average molecular weight is 941 g/mol. The zero-order valence-electron chi connectivity index (χ0n) is 40.0. The van der Waals surface area contributed by atoms with Crippen molar-refractivity contribution in [3.8, 4) is 22.4 Å². The number of amides is 3. The number of nitrogens with one attached hydrogen (secondary N) is 1. The lowest BCUT2D eigenvalue weighted by atomic mass is 10.0. The molecule has 3 heterocycles. The molecule has 3 amide bonds. The lowest BCUT2D eigenvalue weighted by Crippen LogP contribution is -2.58. The molecule has 0 unspecified atom stereocenters. The molecule has 0 radical (unpaired) electrons. The maximum atomic E-state index is 15.6. The molecule has 0 spiro atoms. The highest BCUT2D eigenvalue weighted by Crippen LogP contribution is 2.33. The number of hydrogen-bond acceptors (Lipinski definition) is 10. The Hall–Kier alpha value is -5.27. The molecule has 5 rings (SSSR count). The van der Waals surface area contributed by atoms with Gasteiger partial charge in [0.05, 0.1) is 61.5 Å². The molecule has 1 aliphatic heterocycles. The molecule has 0 aliphatic carbocycles. The van der Waals surface area contributed by atoms with Gasteiger partial charge in [-0.2, -0.15) is 5.10 Å². The van der Waals surface area contributed by atoms with E-state index in [2.05, 4.69) is 25.2 Å². The lowest BCUT2D eigenvalue weighted by molar-refractivity contribution is -0.920. The number of halogens is 3. The molecule has 16 nitrogen and oxygen atoms in total. The van der Waals surface area contributed by atoms with Crippen LogP contribution in [0.5, 0.6) is 0 Å². The first-order chi connectivity index (χ1) is 31.1. The highest BCUT2D eigenvalue weighted by Gasteiger charge is 2.34. The molecule has 19 heteroatoms. The molecule has 1 saturated heterocycles. The summed E-state index contributed by atoms with van der Waals surface area (Å²) in [5.41, 5.74) is 1.20. The number of likely N-dealkylation sites (N-methyl/N-ethyl adjacent to an activating group) is 2. The summed E-state index contributed by atoms with van der Waals surface area (Å²) in [5.74, 6) is -3.41. The molecule has 4 aromatic rings. The van der Waals surface area contributed by atoms with Gasteiger partial charge in [0, 0.05) is 94.3 Å². The maximum Gasteiger partial charge on any atom is 0.362 e. The van der Waals surface area contributed by atoms with Gasteiger partial charge < -0.3 is 43.4 Å². The van der Waals surface area contributed by atoms with E-state index in [9.17, 15) is 19.2 Å². The summed E-state index contributed by atoms with van der Waals surface area (Å²) in [4.78, 5) is 65.5. The summed E-state index contributed by atoms with van der Waals surface area (Å²) >= 11 is 6.62. The lowest BCUT2D eigenvalue weighted by Gasteiger charge is -2.40. The van der Waals surface area contributed by atoms with Crippen molar-refractivity contribution in [2.24, 2.45) is 7.05 Å². The summed E-state index contributed by atoms with van der Waals surface area (Å²) in [5, 5.41) is 7.12. The third-order valence-electron chi connectivity index (χ3n) is 11.8. The molecule has 2 aromatic carbocycles. The van der Waals surface area contributed by atoms with Crippen LogP contribution >= 0.6 is 11.6 Å². The normalized spacial score (nSPS) is 13.5. The van der Waals surface area contributed by atoms with Crippen molar-refractivity contribution in [3.63, 3.8) is 0 Å². The van der Waals surface area contributed by atoms with Crippen molar-refractivity contribution >= 4 is 41.0 Å². The van der Waals surface area contributed by atoms with E-state index in [1.165, 1.54) is 48.3 Å². The Morgan fingerprint density at radius 1 is 0.879 bits per heavy atom. The van der Waals surface area contributed by atoms with E-state index >= 15 is 8.78 Å². The SMILES string of the molecule is COCCn1ncc(-c2ccc(-c3cnc(C(=O)Nc4ccc(C(=O)N5CCN(C(=O)CCC[N+](CCN(C)C)(CCN(C)C)CC(=O)OC(C)(C)C)CC5)c(Cl)c4)n3C)c(F)c2F)c1C. The number of ether oxygens (including phenoxy) is 2. The van der Waals surface area contributed by atoms with E-state index in [-0.39, 0.29) is 57.6 Å². The topological polar surface area (TPSA) is 147 Å². The van der Waals surface area contributed by atoms with Gasteiger partial charge in [0.15, 0.2) is 24.0 Å². The molecule has 360 valence electrons. The molecule has 2 aromatic heterocycles. The predicted octanol–water partition coefficient (Wildman–Crippen LogP) is 5.44. The number of piperazine rings is 1. The van der Waals surface area contributed by atoms with Crippen LogP contribution in [0.25, 0.3) is 22.4 Å². The average Bonchev–Trinajstić information content (AvgIpc) is 3.82. The fraction of sp³-hybridized carbons (Fsp3) is 0.532. The number of esters is 1. The molecule has 0 atom stereocenters. The van der Waals surface area contributed by atoms with E-state index in [4.69, 9.17) is 21.1 Å². The van der Waals surface area contributed by atoms with Gasteiger partial charge in [0.25, 0.3) is 11.8 Å². The summed E-state index contributed by atoms with van der Waals surface area (Å²) in [7, 11) is 11.1. The van der Waals surface area contributed by atoms with Crippen LogP contribution in [0.15, 0.2) is 42.7 Å². The number of carbonyl (C=O) groups excluding carboxylic acids is 4. The number of hydrogen-bond donors (Lipinski definition) is 1. The van der Waals surface area contributed by atoms with Crippen LogP contribution in [0.2, 0.25) is 5.02 Å². The second kappa shape index (κ2) is 22.5. The van der Waals surface area contributed by atoms with Crippen LogP contribution in [0, 0.1) is 18.6 Å². The minimum Gasteiger partial charge on any atom is -0.456 e. The number of nitrogens with zero attached hydrogens (tertiary/aromatic N) is 9. The largest absolute Gasteiger partial charge is 0.456 e. The Morgan fingerprint density at radius 2 is 1.50 bits per heavy atom. The summed E-state index contributed by atoms with van der Waals surface area (Å²) in [6.07, 6.45) is 3.69. The van der Waals surface area contributed by atoms with Crippen molar-refractivity contribution in [1.82, 2.24) is 38.9 Å². The van der Waals surface area contributed by atoms with Crippen LogP contribution in [0.4, 0.5) is 14.5 Å². The Balaban J connectivity index is 1.17. The first kappa shape index (κ1) is 51.7. The van der Waals surface area contributed by atoms with Gasteiger partial charge in [-0.25, -0.2) is 18.6 Å². The molecule has 1 fully saturated rings. The van der Waals surface area contributed by atoms with Gasteiger partial charge in [-0.05, 0) is 80.2 Å². The first-order valence-electron chi connectivity index (χ1n) is 22.2. The van der Waals surface area contributed by atoms with Gasteiger partial charge in [-0.1, -0.05) is 17.7 Å². The Labute approximate surface area is 391 Å². The first-order valence-corrected chi connectivity index (χ1v) is 22.6. The van der Waals surface area contributed by atoms with Gasteiger partial charge >= 0.3 is 5.97 Å². The molecule has 66 heavy (non-hydrogen) atoms. The summed E-state index contributed by atoms with van der Waals surface area (Å²) in [6, 6.07) is 7.45. The van der Waals surface area contributed by atoms with E-state index in [1.54, 1.807) is 34.6 Å². The number of benzene rings is 2. The highest BCUT2D eigenvalue weighted by atomic mass is 35.5. The van der Waals surface area contributed by atoms with Crippen LogP contribution in [0.3, 0.4) is 0 Å². The van der Waals surface area contributed by atoms with Crippen molar-refractivity contribution in [1.29, 1.82) is 0 Å². The van der Waals surface area contributed by atoms with Gasteiger partial charge in [-0.15, -0.1) is 0 Å². The second-order valence-electron chi connectivity index (χ2n) is 18.5. The highest BCUT2D eigenvalue weighted by molar-refractivity contribution is 6.34. The van der Waals surface area contributed by atoms with E-state index in [0.717, 1.165) is 26.2 Å². The standard InChI is InChI=1S/C47H65ClF2N10O6/c1-32-37(29-52-59(32)23-27-65-10)34-15-16-36(43(50)42(34)49)39-30-51-44(56(39)9)45(63)53-33-13-14-35(38(48)28-33)46(64)58-19-17-57(18-20-58)40(61)12-11-24-60(25-21-54(5)6,26-22-55(7)8)31-41(62)66-47(2,3)4/h13-16,28-30H,11-12,17-27,31H2,1-10H3/p+1. The Morgan fingerprint density at radius 3 is 2.11 bits per heavy atom. The minimum atomic E-state index is -1.09. The van der Waals surface area contributed by atoms with Crippen molar-refractivity contribution in [2.75, 3.05) is 113 Å². The number of aromatic nitrogens is 4. The number of rotatable bonds is 20. The third kappa shape index (κ3) is 13.2. The smallest absolute Gasteiger partial charge is 0.362 e. The predicted molar refractivity (Wildman–Crippen MR) is 250 cm³/mol. The number of anilines is 1. The molecule has 0 bridgehead atoms. The zero-order chi connectivity index (χ0) is 48.5. The number of imidazole rings is 1. The molecule has 0 saturated carbocycles. The quantitative estimate of drug-likeness (QED) is 0.0899. The second-order valence-corrected chi connectivity index (χ2v) is 18.9. The third-order valence-corrected chi connectivity index (χ3v) is 12.1. The molecule has 1 N–H and O–H groups in total. The van der Waals surface area contributed by atoms with E-state index in [0.29, 0.717) is 80.1 Å². The zero-order valence-corrected chi connectivity index (χ0v) is 40.8. The van der Waals surface area contributed by atoms with Crippen molar-refractivity contribution < 1.29 is 41.9 Å². The Bertz CT molecular complexity index is 2340. The van der Waals surface area contributed by atoms with E-state index < -0.39 is 23.1 Å². The number of methoxy groups -OCH3 is 1. The van der Waals surface area contributed by atoms with E-state index in [1.807, 2.05) is 49.0 Å². The fourth-order valence-corrected chi connectivity index (χ4v) is 8.25. The molecule has 1 aliphatic rings. The number of quaternary nitrogens is 1. The van der Waals surface area contributed by atoms with Gasteiger partial charge in [-0.3, -0.25) is 19.1 Å². The Kier molecular flexibility index (Phi) is 17.6.